The molecule has 1 saturated heterocycles. The second-order valence-electron chi connectivity index (χ2n) is 9.28. The molecule has 1 aliphatic rings. The molecule has 1 aliphatic heterocycles. The molecule has 4 aromatic rings. The highest BCUT2D eigenvalue weighted by Crippen LogP contribution is 2.39. The van der Waals surface area contributed by atoms with Gasteiger partial charge < -0.3 is 16.0 Å². The summed E-state index contributed by atoms with van der Waals surface area (Å²) in [5, 5.41) is 6.22. The van der Waals surface area contributed by atoms with Crippen molar-refractivity contribution in [2.45, 2.75) is 25.3 Å². The number of likely N-dealkylation sites (tertiary alicyclic amines) is 1. The van der Waals surface area contributed by atoms with Crippen LogP contribution in [0.15, 0.2) is 41.3 Å². The van der Waals surface area contributed by atoms with E-state index in [0.29, 0.717) is 10.5 Å². The Labute approximate surface area is 235 Å². The molecule has 0 radical (unpaired) electrons. The third kappa shape index (κ3) is 5.18. The van der Waals surface area contributed by atoms with E-state index in [1.165, 1.54) is 13.1 Å². The Morgan fingerprint density at radius 2 is 1.83 bits per heavy atom. The monoisotopic (exact) mass is 641 g/mol. The van der Waals surface area contributed by atoms with Crippen LogP contribution in [0, 0.1) is 18.6 Å². The molecule has 3 aromatic heterocycles. The van der Waals surface area contributed by atoms with Crippen molar-refractivity contribution < 1.29 is 35.9 Å². The second-order valence-corrected chi connectivity index (χ2v) is 10.2. The van der Waals surface area contributed by atoms with Crippen LogP contribution in [-0.2, 0) is 6.18 Å². The normalized spacial score (nSPS) is 17.3. The zero-order valence-electron chi connectivity index (χ0n) is 20.8. The first-order valence-electron chi connectivity index (χ1n) is 11.8. The highest BCUT2D eigenvalue weighted by atomic mass is 79.9. The van der Waals surface area contributed by atoms with Crippen LogP contribution >= 0.6 is 15.9 Å². The first-order valence-corrected chi connectivity index (χ1v) is 12.6. The number of hydrogen-bond donors (Lipinski definition) is 2. The van der Waals surface area contributed by atoms with Crippen LogP contribution in [0.5, 0.6) is 0 Å². The number of nitrogen functional groups attached to an aromatic ring is 1. The zero-order chi connectivity index (χ0) is 29.8. The fraction of sp³-hybridized carbons (Fsp3) is 0.240. The maximum absolute atomic E-state index is 15.1. The molecule has 1 fully saturated rings. The minimum Gasteiger partial charge on any atom is -0.382 e. The molecule has 41 heavy (non-hydrogen) atoms. The molecule has 0 aliphatic carbocycles. The van der Waals surface area contributed by atoms with Crippen molar-refractivity contribution in [2.24, 2.45) is 0 Å². The molecule has 2 amide bonds. The molecule has 2 atom stereocenters. The summed E-state index contributed by atoms with van der Waals surface area (Å²) in [6, 6.07) is 2.43. The van der Waals surface area contributed by atoms with Crippen LogP contribution in [-0.4, -0.2) is 61.6 Å². The summed E-state index contributed by atoms with van der Waals surface area (Å²) in [7, 11) is 0. The van der Waals surface area contributed by atoms with Gasteiger partial charge in [0.15, 0.2) is 17.3 Å². The molecule has 1 aromatic carbocycles. The van der Waals surface area contributed by atoms with Crippen molar-refractivity contribution in [3.8, 4) is 11.3 Å². The van der Waals surface area contributed by atoms with Gasteiger partial charge in [-0.1, -0.05) is 0 Å². The van der Waals surface area contributed by atoms with Crippen LogP contribution in [0.3, 0.4) is 0 Å². The number of nitrogens with zero attached hydrogens (tertiary/aromatic N) is 5. The van der Waals surface area contributed by atoms with E-state index in [-0.39, 0.29) is 23.4 Å². The van der Waals surface area contributed by atoms with Crippen LogP contribution in [0.4, 0.5) is 32.2 Å². The Morgan fingerprint density at radius 1 is 1.10 bits per heavy atom. The van der Waals surface area contributed by atoms with Crippen molar-refractivity contribution in [1.29, 1.82) is 0 Å². The standard InChI is InChI=1S/C25H18BrF6N7O2/c1-10-2-15(27)13(19-5-14(25(30,31)32)21-22(33)35-9-36-39(19)21)4-12(10)23(40)37-18-8-38(7-17(18)29)24(41)20-16(28)3-11(26)6-34-20/h2-6,9,17-18H,7-8H2,1H3,(H,37,40)(H2,33,35,36)/t17-,18+/m0/s1. The molecule has 5 rings (SSSR count). The number of amides is 2. The summed E-state index contributed by atoms with van der Waals surface area (Å²) < 4.78 is 86.4. The van der Waals surface area contributed by atoms with E-state index in [0.717, 1.165) is 33.9 Å². The number of fused-ring (bicyclic) bond motifs is 1. The average molecular weight is 642 g/mol. The number of aryl methyl sites for hydroxylation is 1. The topological polar surface area (TPSA) is 119 Å². The number of anilines is 1. The van der Waals surface area contributed by atoms with Crippen molar-refractivity contribution in [1.82, 2.24) is 29.8 Å². The summed E-state index contributed by atoms with van der Waals surface area (Å²) in [5.74, 6) is -4.10. The number of hydrogen-bond acceptors (Lipinski definition) is 6. The molecule has 3 N–H and O–H groups in total. The highest BCUT2D eigenvalue weighted by molar-refractivity contribution is 9.10. The summed E-state index contributed by atoms with van der Waals surface area (Å²) >= 11 is 3.03. The van der Waals surface area contributed by atoms with Crippen LogP contribution in [0.1, 0.15) is 32.0 Å². The first kappa shape index (κ1) is 28.3. The van der Waals surface area contributed by atoms with E-state index < -0.39 is 76.5 Å². The maximum atomic E-state index is 15.1. The fourth-order valence-electron chi connectivity index (χ4n) is 4.62. The lowest BCUT2D eigenvalue weighted by molar-refractivity contribution is -0.136. The smallest absolute Gasteiger partial charge is 0.382 e. The maximum Gasteiger partial charge on any atom is 0.418 e. The number of carbonyl (C=O) groups is 2. The number of alkyl halides is 4. The molecule has 0 unspecified atom stereocenters. The summed E-state index contributed by atoms with van der Waals surface area (Å²) in [6.07, 6.45) is -4.50. The van der Waals surface area contributed by atoms with E-state index in [4.69, 9.17) is 5.73 Å². The van der Waals surface area contributed by atoms with Gasteiger partial charge in [-0.05, 0) is 52.7 Å². The molecule has 0 bridgehead atoms. The lowest BCUT2D eigenvalue weighted by Crippen LogP contribution is -2.42. The number of aromatic nitrogens is 4. The zero-order valence-corrected chi connectivity index (χ0v) is 22.4. The number of benzene rings is 1. The largest absolute Gasteiger partial charge is 0.418 e. The van der Waals surface area contributed by atoms with Crippen molar-refractivity contribution in [2.75, 3.05) is 18.8 Å². The summed E-state index contributed by atoms with van der Waals surface area (Å²) in [5.41, 5.74) is 2.54. The second kappa shape index (κ2) is 10.3. The number of rotatable bonds is 4. The van der Waals surface area contributed by atoms with Crippen LogP contribution in [0.25, 0.3) is 16.8 Å². The molecule has 4 heterocycles. The third-order valence-corrected chi connectivity index (χ3v) is 7.02. The number of nitrogens with two attached hydrogens (primary N) is 1. The number of carbonyl (C=O) groups excluding carboxylic acids is 2. The average Bonchev–Trinajstić information content (AvgIpc) is 3.45. The fourth-order valence-corrected chi connectivity index (χ4v) is 4.93. The van der Waals surface area contributed by atoms with Gasteiger partial charge in [0.25, 0.3) is 11.8 Å². The van der Waals surface area contributed by atoms with Gasteiger partial charge in [-0.15, -0.1) is 0 Å². The van der Waals surface area contributed by atoms with E-state index >= 15 is 4.39 Å². The van der Waals surface area contributed by atoms with Gasteiger partial charge >= 0.3 is 6.18 Å². The minimum absolute atomic E-state index is 0.109. The van der Waals surface area contributed by atoms with Gasteiger partial charge in [0, 0.05) is 28.3 Å². The Morgan fingerprint density at radius 3 is 2.51 bits per heavy atom. The summed E-state index contributed by atoms with van der Waals surface area (Å²) in [6.45, 7) is 0.620. The van der Waals surface area contributed by atoms with E-state index in [9.17, 15) is 31.5 Å². The molecule has 214 valence electrons. The Kier molecular flexibility index (Phi) is 7.13. The molecule has 16 heteroatoms. The molecule has 9 nitrogen and oxygen atoms in total. The quantitative estimate of drug-likeness (QED) is 0.320. The first-order chi connectivity index (χ1) is 19.3. The van der Waals surface area contributed by atoms with Gasteiger partial charge in [-0.3, -0.25) is 9.59 Å². The third-order valence-electron chi connectivity index (χ3n) is 6.59. The van der Waals surface area contributed by atoms with E-state index in [1.807, 2.05) is 0 Å². The van der Waals surface area contributed by atoms with Gasteiger partial charge in [0.1, 0.15) is 23.8 Å². The Bertz CT molecular complexity index is 1710. The van der Waals surface area contributed by atoms with Crippen molar-refractivity contribution in [3.63, 3.8) is 0 Å². The molecular weight excluding hydrogens is 624 g/mol. The van der Waals surface area contributed by atoms with Gasteiger partial charge in [0.2, 0.25) is 0 Å². The van der Waals surface area contributed by atoms with E-state index in [2.05, 4.69) is 36.3 Å². The molecule has 0 spiro atoms. The van der Waals surface area contributed by atoms with Gasteiger partial charge in [-0.25, -0.2) is 27.7 Å². The van der Waals surface area contributed by atoms with Crippen molar-refractivity contribution in [3.05, 3.63) is 75.3 Å². The van der Waals surface area contributed by atoms with Gasteiger partial charge in [0.05, 0.1) is 23.8 Å². The summed E-state index contributed by atoms with van der Waals surface area (Å²) in [4.78, 5) is 34.2. The predicted molar refractivity (Wildman–Crippen MR) is 136 cm³/mol. The lowest BCUT2D eigenvalue weighted by atomic mass is 10.0. The van der Waals surface area contributed by atoms with E-state index in [1.54, 1.807) is 0 Å². The molecular formula is C25H18BrF6N7O2. The minimum atomic E-state index is -4.87. The molecule has 0 saturated carbocycles. The number of halogens is 7. The number of pyridine rings is 1. The Hall–Kier alpha value is -4.21. The van der Waals surface area contributed by atoms with Crippen LogP contribution < -0.4 is 11.1 Å². The van der Waals surface area contributed by atoms with Gasteiger partial charge in [-0.2, -0.15) is 18.3 Å². The van der Waals surface area contributed by atoms with Crippen molar-refractivity contribution >= 4 is 39.1 Å². The predicted octanol–water partition coefficient (Wildman–Crippen LogP) is 4.33. The highest BCUT2D eigenvalue weighted by Gasteiger charge is 2.39. The Balaban J connectivity index is 1.44. The SMILES string of the molecule is Cc1cc(F)c(-c2cc(C(F)(F)F)c3c(N)ncnn23)cc1C(=O)N[C@@H]1CN(C(=O)c2ncc(Br)cc2F)C[C@@H]1F. The van der Waals surface area contributed by atoms with Crippen LogP contribution in [0.2, 0.25) is 0 Å². The lowest BCUT2D eigenvalue weighted by Gasteiger charge is -2.18. The number of nitrogens with one attached hydrogen (secondary N) is 1.